The van der Waals surface area contributed by atoms with Crippen LogP contribution in [0.3, 0.4) is 0 Å². The second kappa shape index (κ2) is 11.5. The van der Waals surface area contributed by atoms with E-state index >= 15 is 0 Å². The zero-order valence-corrected chi connectivity index (χ0v) is 21.7. The fourth-order valence-electron chi connectivity index (χ4n) is 4.70. The molecule has 0 unspecified atom stereocenters. The van der Waals surface area contributed by atoms with Crippen LogP contribution < -0.4 is 9.64 Å². The number of benzene rings is 3. The molecule has 4 rings (SSSR count). The maximum absolute atomic E-state index is 13.7. The molecule has 1 fully saturated rings. The Labute approximate surface area is 222 Å². The van der Waals surface area contributed by atoms with Crippen LogP contribution in [0.5, 0.6) is 5.75 Å². The molecule has 6 nitrogen and oxygen atoms in total. The third kappa shape index (κ3) is 6.60. The molecule has 3 aromatic rings. The van der Waals surface area contributed by atoms with E-state index in [1.165, 1.54) is 12.1 Å². The van der Waals surface area contributed by atoms with Gasteiger partial charge in [-0.3, -0.25) is 4.90 Å². The number of nitriles is 1. The zero-order valence-electron chi connectivity index (χ0n) is 20.9. The van der Waals surface area contributed by atoms with Crippen molar-refractivity contribution in [3.8, 4) is 11.8 Å². The molecule has 0 aliphatic carbocycles. The first-order valence-electron chi connectivity index (χ1n) is 12.2. The van der Waals surface area contributed by atoms with Crippen LogP contribution in [0.4, 0.5) is 10.1 Å². The van der Waals surface area contributed by atoms with E-state index in [0.717, 1.165) is 16.8 Å². The lowest BCUT2D eigenvalue weighted by Crippen LogP contribution is -2.52. The molecule has 0 aromatic heterocycles. The number of aliphatic hydroxyl groups is 2. The van der Waals surface area contributed by atoms with E-state index in [9.17, 15) is 14.6 Å². The van der Waals surface area contributed by atoms with Gasteiger partial charge >= 0.3 is 0 Å². The van der Waals surface area contributed by atoms with E-state index in [4.69, 9.17) is 21.6 Å². The summed E-state index contributed by atoms with van der Waals surface area (Å²) in [6, 6.07) is 20.9. The number of ether oxygens (including phenoxy) is 1. The Bertz CT molecular complexity index is 1240. The summed E-state index contributed by atoms with van der Waals surface area (Å²) >= 11 is 6.68. The van der Waals surface area contributed by atoms with Crippen molar-refractivity contribution in [2.75, 3.05) is 37.7 Å². The first-order valence-corrected chi connectivity index (χ1v) is 12.6. The van der Waals surface area contributed by atoms with Gasteiger partial charge in [0.25, 0.3) is 0 Å². The van der Waals surface area contributed by atoms with Crippen LogP contribution >= 0.6 is 11.6 Å². The Balaban J connectivity index is 1.57. The van der Waals surface area contributed by atoms with Gasteiger partial charge in [-0.15, -0.1) is 0 Å². The third-order valence-electron chi connectivity index (χ3n) is 6.61. The lowest BCUT2D eigenvalue weighted by atomic mass is 9.93. The molecule has 0 spiro atoms. The summed E-state index contributed by atoms with van der Waals surface area (Å²) in [5, 5.41) is 30.4. The molecule has 0 radical (unpaired) electrons. The summed E-state index contributed by atoms with van der Waals surface area (Å²) < 4.78 is 19.3. The van der Waals surface area contributed by atoms with Gasteiger partial charge in [-0.25, -0.2) is 4.39 Å². The first kappa shape index (κ1) is 26.9. The van der Waals surface area contributed by atoms with Crippen LogP contribution in [0.1, 0.15) is 36.6 Å². The van der Waals surface area contributed by atoms with Crippen LogP contribution in [-0.4, -0.2) is 54.0 Å². The van der Waals surface area contributed by atoms with Crippen LogP contribution in [0.25, 0.3) is 0 Å². The zero-order chi connectivity index (χ0) is 26.6. The molecule has 3 aromatic carbocycles. The second-order valence-corrected chi connectivity index (χ2v) is 10.1. The molecule has 3 atom stereocenters. The van der Waals surface area contributed by atoms with Crippen LogP contribution in [-0.2, 0) is 5.60 Å². The normalized spacial score (nSPS) is 18.6. The van der Waals surface area contributed by atoms with E-state index in [1.807, 2.05) is 12.1 Å². The van der Waals surface area contributed by atoms with Crippen molar-refractivity contribution < 1.29 is 19.3 Å². The average Bonchev–Trinajstić information content (AvgIpc) is 2.88. The van der Waals surface area contributed by atoms with E-state index in [1.54, 1.807) is 56.3 Å². The fourth-order valence-corrected chi connectivity index (χ4v) is 4.98. The van der Waals surface area contributed by atoms with E-state index < -0.39 is 11.7 Å². The van der Waals surface area contributed by atoms with E-state index in [2.05, 4.69) is 15.9 Å². The predicted octanol–water partition coefficient (Wildman–Crippen LogP) is 4.88. The number of nitrogens with zero attached hydrogens (tertiary/aromatic N) is 3. The smallest absolute Gasteiger partial charge is 0.123 e. The van der Waals surface area contributed by atoms with Gasteiger partial charge in [-0.05, 0) is 61.4 Å². The molecule has 1 aliphatic rings. The number of rotatable bonds is 8. The topological polar surface area (TPSA) is 80.0 Å². The van der Waals surface area contributed by atoms with Gasteiger partial charge in [-0.1, -0.05) is 35.9 Å². The van der Waals surface area contributed by atoms with Gasteiger partial charge in [0.15, 0.2) is 0 Å². The number of piperazine rings is 1. The largest absolute Gasteiger partial charge is 0.491 e. The summed E-state index contributed by atoms with van der Waals surface area (Å²) in [5.74, 6) is 0.273. The molecular formula is C29H31ClFN3O3. The first-order chi connectivity index (χ1) is 17.7. The van der Waals surface area contributed by atoms with Crippen LogP contribution in [0, 0.1) is 17.1 Å². The molecule has 1 heterocycles. The second-order valence-electron chi connectivity index (χ2n) is 9.73. The maximum atomic E-state index is 13.7. The van der Waals surface area contributed by atoms with Crippen molar-refractivity contribution in [3.63, 3.8) is 0 Å². The molecule has 8 heteroatoms. The molecule has 1 aliphatic heterocycles. The van der Waals surface area contributed by atoms with Crippen molar-refractivity contribution in [3.05, 3.63) is 94.3 Å². The highest BCUT2D eigenvalue weighted by molar-refractivity contribution is 6.33. The minimum absolute atomic E-state index is 0.132. The number of anilines is 1. The summed E-state index contributed by atoms with van der Waals surface area (Å²) in [6.07, 6.45) is -0.587. The number of hydrogen-bond acceptors (Lipinski definition) is 6. The fraction of sp³-hybridized carbons (Fsp3) is 0.345. The molecule has 0 bridgehead atoms. The van der Waals surface area contributed by atoms with Crippen molar-refractivity contribution in [2.24, 2.45) is 0 Å². The molecular weight excluding hydrogens is 493 g/mol. The Hall–Kier alpha value is -3.15. The Morgan fingerprint density at radius 2 is 1.84 bits per heavy atom. The molecule has 0 amide bonds. The van der Waals surface area contributed by atoms with E-state index in [-0.39, 0.29) is 18.5 Å². The number of hydrogen-bond donors (Lipinski definition) is 2. The van der Waals surface area contributed by atoms with Gasteiger partial charge in [-0.2, -0.15) is 5.26 Å². The highest BCUT2D eigenvalue weighted by Gasteiger charge is 2.34. The number of aliphatic hydroxyl groups excluding tert-OH is 1. The molecule has 2 N–H and O–H groups in total. The summed E-state index contributed by atoms with van der Waals surface area (Å²) in [4.78, 5) is 4.39. The van der Waals surface area contributed by atoms with Gasteiger partial charge in [0.2, 0.25) is 0 Å². The van der Waals surface area contributed by atoms with Gasteiger partial charge < -0.3 is 19.8 Å². The third-order valence-corrected chi connectivity index (χ3v) is 6.91. The summed E-state index contributed by atoms with van der Waals surface area (Å²) in [7, 11) is 0. The van der Waals surface area contributed by atoms with Gasteiger partial charge in [0, 0.05) is 32.2 Å². The SMILES string of the molecule is C[C@@H](O)COc1ccc(N2CCN(C[C@@](C)(O)c3ccc(C#N)cc3)C[C@H]2c2ccc(F)cc2)c(Cl)c1. The minimum Gasteiger partial charge on any atom is -0.491 e. The molecule has 194 valence electrons. The lowest BCUT2D eigenvalue weighted by molar-refractivity contribution is 0.0103. The maximum Gasteiger partial charge on any atom is 0.123 e. The van der Waals surface area contributed by atoms with Crippen LogP contribution in [0.15, 0.2) is 66.7 Å². The molecule has 1 saturated heterocycles. The summed E-state index contributed by atoms with van der Waals surface area (Å²) in [5.41, 5.74) is 1.93. The summed E-state index contributed by atoms with van der Waals surface area (Å²) in [6.45, 7) is 5.91. The average molecular weight is 524 g/mol. The van der Waals surface area contributed by atoms with Gasteiger partial charge in [0.1, 0.15) is 18.2 Å². The van der Waals surface area contributed by atoms with Crippen molar-refractivity contribution in [2.45, 2.75) is 31.6 Å². The van der Waals surface area contributed by atoms with Crippen LogP contribution in [0.2, 0.25) is 5.02 Å². The molecule has 37 heavy (non-hydrogen) atoms. The highest BCUT2D eigenvalue weighted by Crippen LogP contribution is 2.38. The van der Waals surface area contributed by atoms with Crippen molar-refractivity contribution in [1.29, 1.82) is 5.26 Å². The van der Waals surface area contributed by atoms with Crippen molar-refractivity contribution in [1.82, 2.24) is 4.90 Å². The lowest BCUT2D eigenvalue weighted by Gasteiger charge is -2.45. The van der Waals surface area contributed by atoms with Crippen molar-refractivity contribution >= 4 is 17.3 Å². The monoisotopic (exact) mass is 523 g/mol. The standard InChI is InChI=1S/C29H31ClFN3O3/c1-20(35)18-37-25-11-12-27(26(30)15-25)34-14-13-33(17-28(34)22-5-9-24(31)10-6-22)19-29(2,36)23-7-3-21(16-32)4-8-23/h3-12,15,20,28,35-36H,13-14,17-19H2,1-2H3/t20-,28+,29-/m1/s1. The Morgan fingerprint density at radius 3 is 2.46 bits per heavy atom. The Morgan fingerprint density at radius 1 is 1.14 bits per heavy atom. The number of β-amino-alcohol motifs (C(OH)–C–C–N with tert-alkyl or cyclic N) is 1. The predicted molar refractivity (Wildman–Crippen MR) is 142 cm³/mol. The molecule has 0 saturated carbocycles. The quantitative estimate of drug-likeness (QED) is 0.438. The van der Waals surface area contributed by atoms with E-state index in [0.29, 0.717) is 42.5 Å². The minimum atomic E-state index is -1.12. The Kier molecular flexibility index (Phi) is 8.35. The van der Waals surface area contributed by atoms with Gasteiger partial charge in [0.05, 0.1) is 40.1 Å². The highest BCUT2D eigenvalue weighted by atomic mass is 35.5. The number of halogens is 2.